The summed E-state index contributed by atoms with van der Waals surface area (Å²) in [6, 6.07) is 0.0532. The van der Waals surface area contributed by atoms with E-state index in [-0.39, 0.29) is 6.04 Å². The topological polar surface area (TPSA) is 66.1 Å². The van der Waals surface area contributed by atoms with Gasteiger partial charge in [0.1, 0.15) is 4.90 Å². The second-order valence-corrected chi connectivity index (χ2v) is 7.07. The number of rotatable bonds is 2. The van der Waals surface area contributed by atoms with Crippen molar-refractivity contribution < 1.29 is 8.42 Å². The maximum Gasteiger partial charge on any atom is 0.246 e. The fourth-order valence-electron chi connectivity index (χ4n) is 2.67. The lowest BCUT2D eigenvalue weighted by atomic mass is 9.94. The molecule has 5 nitrogen and oxygen atoms in total. The molecule has 6 heteroatoms. The van der Waals surface area contributed by atoms with E-state index in [4.69, 9.17) is 0 Å². The highest BCUT2D eigenvalue weighted by Gasteiger charge is 2.36. The van der Waals surface area contributed by atoms with Crippen molar-refractivity contribution in [2.75, 3.05) is 6.54 Å². The summed E-state index contributed by atoms with van der Waals surface area (Å²) in [6.45, 7) is 8.20. The van der Waals surface area contributed by atoms with Gasteiger partial charge in [0.05, 0.1) is 11.4 Å². The van der Waals surface area contributed by atoms with Crippen LogP contribution in [0.3, 0.4) is 0 Å². The van der Waals surface area contributed by atoms with Crippen molar-refractivity contribution in [3.8, 4) is 0 Å². The molecule has 0 aromatic carbocycles. The van der Waals surface area contributed by atoms with Gasteiger partial charge in [0.25, 0.3) is 0 Å². The molecule has 0 radical (unpaired) electrons. The molecule has 1 aliphatic rings. The minimum absolute atomic E-state index is 0.0532. The first-order valence-electron chi connectivity index (χ1n) is 6.39. The zero-order chi connectivity index (χ0) is 13.5. The second-order valence-electron chi connectivity index (χ2n) is 5.24. The molecule has 1 saturated heterocycles. The highest BCUT2D eigenvalue weighted by Crippen LogP contribution is 2.30. The fraction of sp³-hybridized carbons (Fsp3) is 0.750. The van der Waals surface area contributed by atoms with Crippen molar-refractivity contribution in [3.05, 3.63) is 11.4 Å². The fourth-order valence-corrected chi connectivity index (χ4v) is 4.78. The van der Waals surface area contributed by atoms with E-state index in [1.165, 1.54) is 0 Å². The molecular weight excluding hydrogens is 250 g/mol. The molecule has 1 fully saturated rings. The predicted octanol–water partition coefficient (Wildman–Crippen LogP) is 1.84. The lowest BCUT2D eigenvalue weighted by molar-refractivity contribution is 0.202. The zero-order valence-corrected chi connectivity index (χ0v) is 12.2. The quantitative estimate of drug-likeness (QED) is 0.892. The first-order chi connectivity index (χ1) is 8.35. The van der Waals surface area contributed by atoms with Gasteiger partial charge < -0.3 is 0 Å². The van der Waals surface area contributed by atoms with Crippen LogP contribution >= 0.6 is 0 Å². The number of piperidine rings is 1. The molecule has 1 N–H and O–H groups in total. The molecule has 1 aromatic rings. The minimum atomic E-state index is -3.42. The van der Waals surface area contributed by atoms with Gasteiger partial charge in [-0.3, -0.25) is 5.10 Å². The number of hydrogen-bond donors (Lipinski definition) is 1. The third-order valence-corrected chi connectivity index (χ3v) is 6.19. The molecule has 1 aliphatic heterocycles. The molecule has 18 heavy (non-hydrogen) atoms. The summed E-state index contributed by atoms with van der Waals surface area (Å²) in [5.74, 6) is 0.404. The summed E-state index contributed by atoms with van der Waals surface area (Å²) < 4.78 is 27.1. The van der Waals surface area contributed by atoms with E-state index in [9.17, 15) is 8.42 Å². The van der Waals surface area contributed by atoms with Crippen molar-refractivity contribution in [2.45, 2.75) is 51.5 Å². The van der Waals surface area contributed by atoms with Gasteiger partial charge in [-0.05, 0) is 39.5 Å². The Labute approximate surface area is 109 Å². The van der Waals surface area contributed by atoms with Crippen LogP contribution in [0.25, 0.3) is 0 Å². The molecule has 2 unspecified atom stereocenters. The van der Waals surface area contributed by atoms with Gasteiger partial charge in [0.2, 0.25) is 10.0 Å². The van der Waals surface area contributed by atoms with E-state index in [0.29, 0.717) is 28.7 Å². The molecular formula is C12H21N3O2S. The Morgan fingerprint density at radius 2 is 2.00 bits per heavy atom. The first kappa shape index (κ1) is 13.5. The van der Waals surface area contributed by atoms with Crippen LogP contribution in [0.4, 0.5) is 0 Å². The van der Waals surface area contributed by atoms with Crippen LogP contribution in [0.2, 0.25) is 0 Å². The smallest absolute Gasteiger partial charge is 0.246 e. The molecule has 2 heterocycles. The molecule has 0 spiro atoms. The summed E-state index contributed by atoms with van der Waals surface area (Å²) >= 11 is 0. The van der Waals surface area contributed by atoms with Crippen LogP contribution < -0.4 is 0 Å². The Hall–Kier alpha value is -0.880. The van der Waals surface area contributed by atoms with Crippen molar-refractivity contribution in [2.24, 2.45) is 5.92 Å². The molecule has 2 atom stereocenters. The van der Waals surface area contributed by atoms with E-state index in [2.05, 4.69) is 17.1 Å². The predicted molar refractivity (Wildman–Crippen MR) is 69.8 cm³/mol. The Balaban J connectivity index is 2.43. The van der Waals surface area contributed by atoms with Crippen molar-refractivity contribution in [3.63, 3.8) is 0 Å². The van der Waals surface area contributed by atoms with Crippen LogP contribution in [0.5, 0.6) is 0 Å². The van der Waals surface area contributed by atoms with Crippen molar-refractivity contribution in [1.82, 2.24) is 14.5 Å². The molecule has 0 amide bonds. The number of aromatic nitrogens is 2. The summed E-state index contributed by atoms with van der Waals surface area (Å²) in [6.07, 6.45) is 2.03. The average molecular weight is 271 g/mol. The first-order valence-corrected chi connectivity index (χ1v) is 7.83. The van der Waals surface area contributed by atoms with Gasteiger partial charge >= 0.3 is 0 Å². The van der Waals surface area contributed by atoms with Gasteiger partial charge in [-0.1, -0.05) is 6.92 Å². The molecule has 2 rings (SSSR count). The van der Waals surface area contributed by atoms with Gasteiger partial charge in [-0.2, -0.15) is 9.40 Å². The van der Waals surface area contributed by atoms with Crippen molar-refractivity contribution in [1.29, 1.82) is 0 Å². The number of sulfonamides is 1. The van der Waals surface area contributed by atoms with Crippen LogP contribution in [0.15, 0.2) is 4.90 Å². The average Bonchev–Trinajstić information content (AvgIpc) is 2.62. The molecule has 1 aromatic heterocycles. The van der Waals surface area contributed by atoms with Gasteiger partial charge in [-0.15, -0.1) is 0 Å². The highest BCUT2D eigenvalue weighted by atomic mass is 32.2. The highest BCUT2D eigenvalue weighted by molar-refractivity contribution is 7.89. The van der Waals surface area contributed by atoms with E-state index in [1.54, 1.807) is 18.2 Å². The summed E-state index contributed by atoms with van der Waals surface area (Å²) in [5, 5.41) is 6.74. The lowest BCUT2D eigenvalue weighted by Crippen LogP contribution is -2.46. The molecule has 0 saturated carbocycles. The standard InChI is InChI=1S/C12H21N3O2S/c1-8-6-5-7-15(11(8)4)18(16,17)12-9(2)13-14-10(12)3/h8,11H,5-7H2,1-4H3,(H,13,14). The maximum absolute atomic E-state index is 12.7. The number of hydrogen-bond acceptors (Lipinski definition) is 3. The number of H-pyrrole nitrogens is 1. The maximum atomic E-state index is 12.7. The van der Waals surface area contributed by atoms with Crippen LogP contribution in [-0.2, 0) is 10.0 Å². The number of aromatic amines is 1. The lowest BCUT2D eigenvalue weighted by Gasteiger charge is -2.36. The van der Waals surface area contributed by atoms with Gasteiger partial charge in [0, 0.05) is 12.6 Å². The Morgan fingerprint density at radius 3 is 2.56 bits per heavy atom. The van der Waals surface area contributed by atoms with Gasteiger partial charge in [0.15, 0.2) is 0 Å². The SMILES string of the molecule is Cc1n[nH]c(C)c1S(=O)(=O)N1CCCC(C)C1C. The zero-order valence-electron chi connectivity index (χ0n) is 11.4. The molecule has 102 valence electrons. The number of nitrogens with zero attached hydrogens (tertiary/aromatic N) is 2. The third kappa shape index (κ3) is 2.07. The Morgan fingerprint density at radius 1 is 1.33 bits per heavy atom. The summed E-state index contributed by atoms with van der Waals surface area (Å²) in [7, 11) is -3.42. The largest absolute Gasteiger partial charge is 0.281 e. The van der Waals surface area contributed by atoms with E-state index in [1.807, 2.05) is 6.92 Å². The summed E-state index contributed by atoms with van der Waals surface area (Å²) in [4.78, 5) is 0.350. The van der Waals surface area contributed by atoms with Crippen LogP contribution in [0, 0.1) is 19.8 Å². The van der Waals surface area contributed by atoms with Crippen LogP contribution in [0.1, 0.15) is 38.1 Å². The Bertz CT molecular complexity index is 516. The third-order valence-electron chi connectivity index (χ3n) is 3.94. The van der Waals surface area contributed by atoms with Crippen molar-refractivity contribution >= 4 is 10.0 Å². The van der Waals surface area contributed by atoms with E-state index in [0.717, 1.165) is 12.8 Å². The molecule has 0 bridgehead atoms. The minimum Gasteiger partial charge on any atom is -0.281 e. The Kier molecular flexibility index (Phi) is 3.51. The second kappa shape index (κ2) is 4.66. The normalized spacial score (nSPS) is 26.4. The van der Waals surface area contributed by atoms with E-state index >= 15 is 0 Å². The number of nitrogens with one attached hydrogen (secondary N) is 1. The number of aryl methyl sites for hydroxylation is 2. The van der Waals surface area contributed by atoms with E-state index < -0.39 is 10.0 Å². The monoisotopic (exact) mass is 271 g/mol. The van der Waals surface area contributed by atoms with Gasteiger partial charge in [-0.25, -0.2) is 8.42 Å². The molecule has 0 aliphatic carbocycles. The summed E-state index contributed by atoms with van der Waals surface area (Å²) in [5.41, 5.74) is 1.18. The van der Waals surface area contributed by atoms with Crippen LogP contribution in [-0.4, -0.2) is 35.5 Å².